The molecule has 0 aromatic rings. The molecule has 0 bridgehead atoms. The normalized spacial score (nSPS) is 28.1. The van der Waals surface area contributed by atoms with Crippen molar-refractivity contribution < 1.29 is 22.9 Å². The Morgan fingerprint density at radius 1 is 0.793 bits per heavy atom. The molecule has 0 spiro atoms. The maximum absolute atomic E-state index is 15.8. The van der Waals surface area contributed by atoms with Gasteiger partial charge in [0.2, 0.25) is 0 Å². The van der Waals surface area contributed by atoms with E-state index in [2.05, 4.69) is 186 Å². The first-order valence-electron chi connectivity index (χ1n) is 16.8. The minimum absolute atomic E-state index is 0.0253. The first kappa shape index (κ1) is 66.9. The summed E-state index contributed by atoms with van der Waals surface area (Å²) < 4.78 is 29.1. The highest BCUT2D eigenvalue weighted by molar-refractivity contribution is 9.19. The largest absolute Gasteiger partial charge is 0.354 e. The zero-order valence-electron chi connectivity index (χ0n) is 33.0. The second kappa shape index (κ2) is 32.5. The highest BCUT2D eigenvalue weighted by Crippen LogP contribution is 3.18. The van der Waals surface area contributed by atoms with E-state index in [1.54, 1.807) is 0 Å². The number of carbonyl (C=O) groups is 1. The predicted molar refractivity (Wildman–Crippen MR) is 367 cm³/mol. The lowest BCUT2D eigenvalue weighted by molar-refractivity contribution is -0.151. The number of carbonyl (C=O) groups excluding carboxylic acids is 1. The van der Waals surface area contributed by atoms with Gasteiger partial charge in [0.1, 0.15) is 6.10 Å². The van der Waals surface area contributed by atoms with Crippen LogP contribution < -0.4 is 0 Å². The molecule has 30 atom stereocenters. The van der Waals surface area contributed by atoms with Gasteiger partial charge < -0.3 is 18.1 Å². The third-order valence-electron chi connectivity index (χ3n) is 9.61. The molecular formula is C21H66O5P32. The van der Waals surface area contributed by atoms with Crippen LogP contribution in [0.15, 0.2) is 23.8 Å². The Morgan fingerprint density at radius 2 is 1.33 bits per heavy atom. The first-order chi connectivity index (χ1) is 26.7. The highest BCUT2D eigenvalue weighted by Gasteiger charge is 2.59. The van der Waals surface area contributed by atoms with Gasteiger partial charge in [0, 0.05) is 35.4 Å². The number of allylic oxidation sites excluding steroid dienone is 1. The summed E-state index contributed by atoms with van der Waals surface area (Å²) in [6.45, 7) is 12.0. The Bertz CT molecular complexity index is 1320. The lowest BCUT2D eigenvalue weighted by atomic mass is 9.54. The van der Waals surface area contributed by atoms with E-state index in [9.17, 15) is 0 Å². The predicted octanol–water partition coefficient (Wildman–Crippen LogP) is 21.9. The zero-order valence-corrected chi connectivity index (χ0v) is 66.3. The van der Waals surface area contributed by atoms with Crippen LogP contribution in [0.5, 0.6) is 0 Å². The summed E-state index contributed by atoms with van der Waals surface area (Å²) in [5.41, 5.74) is 1.27. The Labute approximate surface area is 410 Å². The topological polar surface area (TPSA) is 54.0 Å². The Morgan fingerprint density at radius 3 is 1.76 bits per heavy atom. The van der Waals surface area contributed by atoms with E-state index in [0.29, 0.717) is 7.96 Å². The second-order valence-corrected chi connectivity index (χ2v) is 122. The van der Waals surface area contributed by atoms with Crippen LogP contribution in [0.25, 0.3) is 0 Å². The van der Waals surface area contributed by atoms with E-state index in [0.717, 1.165) is 24.8 Å². The Hall–Kier alpha value is 12.7. The van der Waals surface area contributed by atoms with Crippen molar-refractivity contribution in [3.63, 3.8) is 0 Å². The van der Waals surface area contributed by atoms with Crippen molar-refractivity contribution in [2.24, 2.45) is 22.7 Å². The second-order valence-electron chi connectivity index (χ2n) is 13.9. The smallest absolute Gasteiger partial charge is 0.170 e. The first-order valence-corrected chi connectivity index (χ1v) is 71.7. The van der Waals surface area contributed by atoms with E-state index < -0.39 is 69.0 Å². The molecule has 2 aliphatic carbocycles. The van der Waals surface area contributed by atoms with Crippen molar-refractivity contribution in [3.8, 4) is 0 Å². The van der Waals surface area contributed by atoms with Crippen LogP contribution >= 0.6 is 261 Å². The summed E-state index contributed by atoms with van der Waals surface area (Å²) in [7, 11) is 50.7. The molecule has 1 saturated carbocycles. The van der Waals surface area contributed by atoms with Crippen molar-refractivity contribution in [2.75, 3.05) is 0 Å². The SMILES string of the molecule is C=C1CC[C@H](OP(P(P)P)P(P)P)[C@@](C)(C(=O)[C@@H](C)OP(P(P)P)P(PP)P(P)P)[C@@H]1[C@H](OPP)C1C[C@H](OP(P(P)P(P)P)P(P(P)P)P(P)P)C(C)=CC1(C)C. The highest BCUT2D eigenvalue weighted by atomic mass is 33.2. The number of Topliss-reactive ketones (excluding diaryl/α,β-unsaturated/α-hetero) is 1. The summed E-state index contributed by atoms with van der Waals surface area (Å²) in [5, 5.41) is 0. The standard InChI is InChI=1S/C21H66O5P32/c1-11-7-8-16(26-46(49(29)30)50(31)32)21(6,19(22)13(3)24-47(51(33)34)57(45-28)53(37)38)17(11)18(23-44-27)14-9-15(12(2)10-20(14,4)5)25-48(56(43)52(35)36)58(54(39)40)55(41)42/h10,13-18,44-45H,1,7-9,27-43H2,2-6H3/t13-,14?,15+,16+,17+,18-,21-,47?,48?,56?,57?/m1/s1. The third-order valence-corrected chi connectivity index (χ3v) is 151. The molecule has 0 N–H and O–H groups in total. The van der Waals surface area contributed by atoms with Crippen LogP contribution in [0.2, 0.25) is 0 Å². The molecule has 37 heteroatoms. The summed E-state index contributed by atoms with van der Waals surface area (Å²) >= 11 is 0. The van der Waals surface area contributed by atoms with Gasteiger partial charge in [0.15, 0.2) is 5.78 Å². The third kappa shape index (κ3) is 19.3. The van der Waals surface area contributed by atoms with Gasteiger partial charge in [-0.2, -0.15) is 0 Å². The van der Waals surface area contributed by atoms with E-state index in [-0.39, 0.29) is 84.8 Å². The summed E-state index contributed by atoms with van der Waals surface area (Å²) in [6, 6.07) is 0. The summed E-state index contributed by atoms with van der Waals surface area (Å²) in [5.74, 6) is -0.0664. The molecule has 24 unspecified atom stereocenters. The van der Waals surface area contributed by atoms with Crippen molar-refractivity contribution in [1.29, 1.82) is 0 Å². The van der Waals surface area contributed by atoms with Crippen LogP contribution in [0.3, 0.4) is 0 Å². The molecule has 5 nitrogen and oxygen atoms in total. The van der Waals surface area contributed by atoms with E-state index in [4.69, 9.17) is 24.7 Å². The average molecular weight is 1390 g/mol. The van der Waals surface area contributed by atoms with Gasteiger partial charge >= 0.3 is 0 Å². The zero-order chi connectivity index (χ0) is 44.8. The van der Waals surface area contributed by atoms with Gasteiger partial charge in [-0.05, 0) is 106 Å². The molecule has 0 aromatic heterocycles. The van der Waals surface area contributed by atoms with Crippen molar-refractivity contribution >= 4 is 266 Å². The fourth-order valence-corrected chi connectivity index (χ4v) is 203. The van der Waals surface area contributed by atoms with Crippen LogP contribution in [0.4, 0.5) is 0 Å². The molecular weight excluding hydrogens is 1320 g/mol. The number of hydrogen-bond acceptors (Lipinski definition) is 5. The van der Waals surface area contributed by atoms with Crippen LogP contribution in [-0.2, 0) is 22.9 Å². The Balaban J connectivity index is 2.86. The van der Waals surface area contributed by atoms with Crippen molar-refractivity contribution in [3.05, 3.63) is 23.8 Å². The van der Waals surface area contributed by atoms with Crippen LogP contribution in [0.1, 0.15) is 53.9 Å². The molecule has 0 amide bonds. The van der Waals surface area contributed by atoms with Gasteiger partial charge in [0.05, 0.1) is 46.3 Å². The minimum Gasteiger partial charge on any atom is -0.354 e. The minimum atomic E-state index is -0.925. The fraction of sp³-hybridized carbons (Fsp3) is 0.762. The molecule has 0 aliphatic heterocycles. The Kier molecular flexibility index (Phi) is 37.4. The van der Waals surface area contributed by atoms with Crippen LogP contribution in [0, 0.1) is 22.7 Å². The maximum atomic E-state index is 15.8. The number of hydrogen-bond donors (Lipinski definition) is 0. The molecule has 1 fully saturated rings. The van der Waals surface area contributed by atoms with Crippen molar-refractivity contribution in [2.45, 2.75) is 78.3 Å². The monoisotopic (exact) mass is 1390 g/mol. The average Bonchev–Trinajstić information content (AvgIpc) is 3.09. The van der Waals surface area contributed by atoms with Crippen molar-refractivity contribution in [1.82, 2.24) is 0 Å². The molecule has 58 heavy (non-hydrogen) atoms. The van der Waals surface area contributed by atoms with Gasteiger partial charge in [-0.1, -0.05) is 57.9 Å². The molecule has 0 heterocycles. The molecule has 2 rings (SSSR count). The lowest BCUT2D eigenvalue weighted by Gasteiger charge is -2.55. The summed E-state index contributed by atoms with van der Waals surface area (Å²) in [6.07, 6.45) is 3.66. The van der Waals surface area contributed by atoms with E-state index in [1.807, 2.05) is 6.92 Å². The van der Waals surface area contributed by atoms with Crippen LogP contribution in [-0.4, -0.2) is 30.2 Å². The quantitative estimate of drug-likeness (QED) is 0.0754. The van der Waals surface area contributed by atoms with Gasteiger partial charge in [-0.15, -0.1) is 134 Å². The van der Waals surface area contributed by atoms with E-state index in [1.165, 1.54) is 5.57 Å². The van der Waals surface area contributed by atoms with Gasteiger partial charge in [-0.25, -0.2) is 0 Å². The van der Waals surface area contributed by atoms with Gasteiger partial charge in [0.25, 0.3) is 0 Å². The molecule has 340 valence electrons. The van der Waals surface area contributed by atoms with E-state index >= 15 is 4.79 Å². The molecule has 0 aromatic carbocycles. The number of ketones is 1. The summed E-state index contributed by atoms with van der Waals surface area (Å²) in [4.78, 5) is 15.8. The maximum Gasteiger partial charge on any atom is 0.170 e. The molecule has 0 radical (unpaired) electrons. The molecule has 2 aliphatic rings. The van der Waals surface area contributed by atoms with Gasteiger partial charge in [-0.3, -0.25) is 4.79 Å². The fourth-order valence-electron chi connectivity index (χ4n) is 7.14. The molecule has 0 saturated heterocycles. The lowest BCUT2D eigenvalue weighted by Crippen LogP contribution is -2.59. The number of rotatable bonds is 23.